The first-order valence-electron chi connectivity index (χ1n) is 8.26. The van der Waals surface area contributed by atoms with E-state index in [0.717, 1.165) is 50.3 Å². The Morgan fingerprint density at radius 2 is 2.22 bits per heavy atom. The van der Waals surface area contributed by atoms with Gasteiger partial charge in [0, 0.05) is 12.6 Å². The van der Waals surface area contributed by atoms with Gasteiger partial charge in [-0.3, -0.25) is 9.69 Å². The maximum Gasteiger partial charge on any atom is 0.268 e. The summed E-state index contributed by atoms with van der Waals surface area (Å²) in [5.74, 6) is 1.32. The summed E-state index contributed by atoms with van der Waals surface area (Å²) < 4.78 is 6.52. The quantitative estimate of drug-likeness (QED) is 0.884. The van der Waals surface area contributed by atoms with Crippen molar-refractivity contribution in [2.45, 2.75) is 38.0 Å². The maximum atomic E-state index is 12.0. The number of likely N-dealkylation sites (tertiary alicyclic amines) is 1. The molecule has 0 spiro atoms. The van der Waals surface area contributed by atoms with Crippen LogP contribution in [-0.2, 0) is 11.3 Å². The lowest BCUT2D eigenvalue weighted by atomic mass is 9.88. The van der Waals surface area contributed by atoms with Gasteiger partial charge in [0.2, 0.25) is 0 Å². The monoisotopic (exact) mass is 334 g/mol. The predicted molar refractivity (Wildman–Crippen MR) is 90.6 cm³/mol. The van der Waals surface area contributed by atoms with Gasteiger partial charge in [0.05, 0.1) is 18.2 Å². The number of fused-ring (bicyclic) bond motifs is 1. The zero-order valence-corrected chi connectivity index (χ0v) is 13.8. The van der Waals surface area contributed by atoms with Crippen LogP contribution in [0.25, 0.3) is 10.2 Å². The minimum Gasteiger partial charge on any atom is -0.376 e. The molecule has 7 heteroatoms. The molecule has 124 valence electrons. The van der Waals surface area contributed by atoms with E-state index >= 15 is 0 Å². The average molecular weight is 334 g/mol. The van der Waals surface area contributed by atoms with Crippen molar-refractivity contribution in [1.82, 2.24) is 14.9 Å². The number of nitrogens with zero attached hydrogens (tertiary/aromatic N) is 2. The van der Waals surface area contributed by atoms with Crippen molar-refractivity contribution < 1.29 is 4.74 Å². The fraction of sp³-hybridized carbons (Fsp3) is 0.625. The summed E-state index contributed by atoms with van der Waals surface area (Å²) in [4.78, 5) is 21.9. The fourth-order valence-corrected chi connectivity index (χ4v) is 4.49. The average Bonchev–Trinajstić information content (AvgIpc) is 3.17. The molecule has 2 fully saturated rings. The number of H-pyrrole nitrogens is 1. The van der Waals surface area contributed by atoms with Gasteiger partial charge < -0.3 is 15.5 Å². The number of hydrogen-bond donors (Lipinski definition) is 2. The van der Waals surface area contributed by atoms with Crippen molar-refractivity contribution in [3.05, 3.63) is 27.6 Å². The lowest BCUT2D eigenvalue weighted by Gasteiger charge is -2.35. The van der Waals surface area contributed by atoms with Gasteiger partial charge in [0.25, 0.3) is 5.56 Å². The van der Waals surface area contributed by atoms with E-state index in [-0.39, 0.29) is 17.7 Å². The molecule has 0 unspecified atom stereocenters. The standard InChI is InChI=1S/C16H22N4O2S/c17-11-3-7-22-14(11)10-1-5-20(6-2-10)9-13-18-12-4-8-23-15(12)16(21)19-13/h4,8,10-11,14H,1-3,5-7,9,17H2,(H,18,19,21)/t11-,14+/m1/s1. The van der Waals surface area contributed by atoms with Gasteiger partial charge >= 0.3 is 0 Å². The van der Waals surface area contributed by atoms with Crippen molar-refractivity contribution >= 4 is 21.6 Å². The zero-order valence-electron chi connectivity index (χ0n) is 13.0. The van der Waals surface area contributed by atoms with Crippen LogP contribution in [0.2, 0.25) is 0 Å². The predicted octanol–water partition coefficient (Wildman–Crippen LogP) is 1.31. The number of aromatic nitrogens is 2. The smallest absolute Gasteiger partial charge is 0.268 e. The molecule has 2 aliphatic rings. The van der Waals surface area contributed by atoms with E-state index in [0.29, 0.717) is 17.2 Å². The third-order valence-corrected chi connectivity index (χ3v) is 5.92. The Balaban J connectivity index is 1.39. The highest BCUT2D eigenvalue weighted by Gasteiger charge is 2.34. The van der Waals surface area contributed by atoms with Crippen LogP contribution in [0, 0.1) is 5.92 Å². The second kappa shape index (κ2) is 6.32. The Kier molecular flexibility index (Phi) is 4.19. The Labute approximate surface area is 138 Å². The molecule has 2 saturated heterocycles. The Bertz CT molecular complexity index is 735. The molecular formula is C16H22N4O2S. The number of thiophene rings is 1. The molecule has 4 heterocycles. The van der Waals surface area contributed by atoms with Crippen LogP contribution in [0.1, 0.15) is 25.1 Å². The van der Waals surface area contributed by atoms with Gasteiger partial charge in [-0.15, -0.1) is 11.3 Å². The van der Waals surface area contributed by atoms with Gasteiger partial charge in [-0.25, -0.2) is 4.98 Å². The molecule has 3 N–H and O–H groups in total. The SMILES string of the molecule is N[C@@H]1CCO[C@H]1C1CCN(Cc2nc3ccsc3c(=O)[nH]2)CC1. The molecule has 2 aromatic rings. The molecule has 0 aromatic carbocycles. The summed E-state index contributed by atoms with van der Waals surface area (Å²) in [5, 5.41) is 1.91. The highest BCUT2D eigenvalue weighted by molar-refractivity contribution is 7.17. The highest BCUT2D eigenvalue weighted by Crippen LogP contribution is 2.28. The molecule has 2 aromatic heterocycles. The van der Waals surface area contributed by atoms with Crippen LogP contribution in [0.5, 0.6) is 0 Å². The molecule has 4 rings (SSSR count). The largest absolute Gasteiger partial charge is 0.376 e. The summed E-state index contributed by atoms with van der Waals surface area (Å²) in [7, 11) is 0. The summed E-state index contributed by atoms with van der Waals surface area (Å²) in [5.41, 5.74) is 6.91. The van der Waals surface area contributed by atoms with E-state index in [1.54, 1.807) is 0 Å². The first-order chi connectivity index (χ1) is 11.2. The van der Waals surface area contributed by atoms with Crippen LogP contribution < -0.4 is 11.3 Å². The van der Waals surface area contributed by atoms with Crippen molar-refractivity contribution in [3.8, 4) is 0 Å². The maximum absolute atomic E-state index is 12.0. The van der Waals surface area contributed by atoms with Crippen molar-refractivity contribution in [1.29, 1.82) is 0 Å². The van der Waals surface area contributed by atoms with E-state index in [1.807, 2.05) is 11.4 Å². The second-order valence-corrected chi connectivity index (χ2v) is 7.47. The van der Waals surface area contributed by atoms with Crippen molar-refractivity contribution in [3.63, 3.8) is 0 Å². The van der Waals surface area contributed by atoms with E-state index in [4.69, 9.17) is 10.5 Å². The van der Waals surface area contributed by atoms with Gasteiger partial charge in [-0.1, -0.05) is 0 Å². The summed E-state index contributed by atoms with van der Waals surface area (Å²) in [6.07, 6.45) is 3.42. The second-order valence-electron chi connectivity index (χ2n) is 6.55. The molecule has 2 aliphatic heterocycles. The zero-order chi connectivity index (χ0) is 15.8. The van der Waals surface area contributed by atoms with Crippen LogP contribution in [0.3, 0.4) is 0 Å². The molecule has 6 nitrogen and oxygen atoms in total. The molecule has 2 atom stereocenters. The highest BCUT2D eigenvalue weighted by atomic mass is 32.1. The van der Waals surface area contributed by atoms with Crippen LogP contribution in [0.15, 0.2) is 16.2 Å². The number of rotatable bonds is 3. The van der Waals surface area contributed by atoms with Crippen molar-refractivity contribution in [2.75, 3.05) is 19.7 Å². The van der Waals surface area contributed by atoms with Gasteiger partial charge in [0.1, 0.15) is 10.5 Å². The lowest BCUT2D eigenvalue weighted by molar-refractivity contribution is 0.0241. The molecule has 0 saturated carbocycles. The number of nitrogens with one attached hydrogen (secondary N) is 1. The Morgan fingerprint density at radius 1 is 1.39 bits per heavy atom. The molecule has 0 aliphatic carbocycles. The number of nitrogens with two attached hydrogens (primary N) is 1. The molecule has 23 heavy (non-hydrogen) atoms. The van der Waals surface area contributed by atoms with E-state index in [2.05, 4.69) is 14.9 Å². The molecular weight excluding hydrogens is 312 g/mol. The first kappa shape index (κ1) is 15.3. The molecule has 0 radical (unpaired) electrons. The van der Waals surface area contributed by atoms with E-state index < -0.39 is 0 Å². The first-order valence-corrected chi connectivity index (χ1v) is 9.14. The normalized spacial score (nSPS) is 27.0. The summed E-state index contributed by atoms with van der Waals surface area (Å²) in [6, 6.07) is 2.11. The Hall–Kier alpha value is -1.28. The Morgan fingerprint density at radius 3 is 2.96 bits per heavy atom. The van der Waals surface area contributed by atoms with Crippen LogP contribution in [-0.4, -0.2) is 46.7 Å². The summed E-state index contributed by atoms with van der Waals surface area (Å²) >= 11 is 1.44. The van der Waals surface area contributed by atoms with Crippen LogP contribution >= 0.6 is 11.3 Å². The van der Waals surface area contributed by atoms with Crippen molar-refractivity contribution in [2.24, 2.45) is 11.7 Å². The minimum atomic E-state index is -0.0276. The number of ether oxygens (including phenoxy) is 1. The third-order valence-electron chi connectivity index (χ3n) is 5.02. The fourth-order valence-electron chi connectivity index (χ4n) is 3.76. The lowest BCUT2D eigenvalue weighted by Crippen LogP contribution is -2.43. The molecule has 0 bridgehead atoms. The van der Waals surface area contributed by atoms with Gasteiger partial charge in [-0.05, 0) is 49.7 Å². The molecule has 0 amide bonds. The number of aromatic amines is 1. The topological polar surface area (TPSA) is 84.2 Å². The number of hydrogen-bond acceptors (Lipinski definition) is 6. The van der Waals surface area contributed by atoms with Gasteiger partial charge in [0.15, 0.2) is 0 Å². The van der Waals surface area contributed by atoms with Crippen LogP contribution in [0.4, 0.5) is 0 Å². The minimum absolute atomic E-state index is 0.0276. The third kappa shape index (κ3) is 3.06. The van der Waals surface area contributed by atoms with E-state index in [9.17, 15) is 4.79 Å². The number of piperidine rings is 1. The van der Waals surface area contributed by atoms with Gasteiger partial charge in [-0.2, -0.15) is 0 Å². The van der Waals surface area contributed by atoms with E-state index in [1.165, 1.54) is 11.3 Å². The summed E-state index contributed by atoms with van der Waals surface area (Å²) in [6.45, 7) is 3.51.